The third kappa shape index (κ3) is 3.56. The molecule has 0 amide bonds. The van der Waals surface area contributed by atoms with E-state index in [4.69, 9.17) is 37.2 Å². The van der Waals surface area contributed by atoms with Crippen molar-refractivity contribution in [3.05, 3.63) is 56.3 Å². The van der Waals surface area contributed by atoms with Gasteiger partial charge in [-0.25, -0.2) is 4.79 Å². The molecule has 0 aliphatic carbocycles. The second-order valence-electron chi connectivity index (χ2n) is 4.71. The average Bonchev–Trinajstić information content (AvgIpc) is 3.23. The van der Waals surface area contributed by atoms with Crippen LogP contribution in [0.1, 0.15) is 15.4 Å². The first kappa shape index (κ1) is 16.8. The molecule has 0 radical (unpaired) electrons. The molecule has 0 N–H and O–H groups in total. The molecule has 0 aliphatic rings. The van der Waals surface area contributed by atoms with Crippen LogP contribution in [0.25, 0.3) is 11.3 Å². The highest BCUT2D eigenvalue weighted by Gasteiger charge is 2.16. The van der Waals surface area contributed by atoms with E-state index in [9.17, 15) is 4.79 Å². The Kier molecular flexibility index (Phi) is 5.08. The highest BCUT2D eigenvalue weighted by molar-refractivity contribution is 7.12. The van der Waals surface area contributed by atoms with Crippen LogP contribution in [0.15, 0.2) is 40.2 Å². The number of halogens is 2. The predicted octanol–water partition coefficient (Wildman–Crippen LogP) is 5.08. The molecule has 24 heavy (non-hydrogen) atoms. The van der Waals surface area contributed by atoms with Crippen molar-refractivity contribution < 1.29 is 18.8 Å². The Labute approximate surface area is 151 Å². The van der Waals surface area contributed by atoms with Crippen LogP contribution >= 0.6 is 34.5 Å². The van der Waals surface area contributed by atoms with E-state index < -0.39 is 5.97 Å². The van der Waals surface area contributed by atoms with Gasteiger partial charge in [0.25, 0.3) is 0 Å². The van der Waals surface area contributed by atoms with Crippen molar-refractivity contribution in [2.45, 2.75) is 6.61 Å². The number of hydrogen-bond donors (Lipinski definition) is 0. The minimum atomic E-state index is -0.434. The number of esters is 1. The zero-order valence-corrected chi connectivity index (χ0v) is 14.7. The molecular weight excluding hydrogens is 373 g/mol. The molecule has 0 unspecified atom stereocenters. The lowest BCUT2D eigenvalue weighted by molar-refractivity contribution is 0.0601. The van der Waals surface area contributed by atoms with Crippen molar-refractivity contribution in [2.75, 3.05) is 7.11 Å². The van der Waals surface area contributed by atoms with Gasteiger partial charge in [-0.05, 0) is 29.6 Å². The largest absolute Gasteiger partial charge is 0.485 e. The first-order valence-electron chi connectivity index (χ1n) is 6.78. The molecule has 0 saturated heterocycles. The third-order valence-electron chi connectivity index (χ3n) is 3.14. The number of benzene rings is 1. The number of ether oxygens (including phenoxy) is 2. The summed E-state index contributed by atoms with van der Waals surface area (Å²) in [5.41, 5.74) is 1.34. The van der Waals surface area contributed by atoms with E-state index in [1.54, 1.807) is 35.7 Å². The number of methoxy groups -OCH3 is 1. The second-order valence-corrected chi connectivity index (χ2v) is 6.44. The van der Waals surface area contributed by atoms with Gasteiger partial charge in [0.1, 0.15) is 18.1 Å². The van der Waals surface area contributed by atoms with Crippen LogP contribution in [-0.4, -0.2) is 18.2 Å². The van der Waals surface area contributed by atoms with Gasteiger partial charge in [-0.2, -0.15) is 0 Å². The van der Waals surface area contributed by atoms with E-state index in [-0.39, 0.29) is 6.61 Å². The topological polar surface area (TPSA) is 61.6 Å². The summed E-state index contributed by atoms with van der Waals surface area (Å²) in [5, 5.41) is 6.61. The first-order valence-corrected chi connectivity index (χ1v) is 8.41. The average molecular weight is 384 g/mol. The summed E-state index contributed by atoms with van der Waals surface area (Å²) >= 11 is 13.1. The Hall–Kier alpha value is -2.02. The molecule has 0 bridgehead atoms. The van der Waals surface area contributed by atoms with E-state index in [1.165, 1.54) is 18.4 Å². The molecule has 0 fully saturated rings. The van der Waals surface area contributed by atoms with Crippen LogP contribution in [0.3, 0.4) is 0 Å². The van der Waals surface area contributed by atoms with Crippen molar-refractivity contribution in [3.63, 3.8) is 0 Å². The molecule has 5 nitrogen and oxygen atoms in total. The normalized spacial score (nSPS) is 10.6. The van der Waals surface area contributed by atoms with Crippen molar-refractivity contribution in [3.8, 4) is 17.1 Å². The molecule has 1 aromatic carbocycles. The highest BCUT2D eigenvalue weighted by atomic mass is 35.5. The Bertz CT molecular complexity index is 875. The van der Waals surface area contributed by atoms with Crippen LogP contribution in [0.5, 0.6) is 5.75 Å². The van der Waals surface area contributed by atoms with E-state index in [0.717, 1.165) is 5.56 Å². The van der Waals surface area contributed by atoms with Crippen LogP contribution in [0, 0.1) is 0 Å². The summed E-state index contributed by atoms with van der Waals surface area (Å²) in [6.07, 6.45) is 0. The van der Waals surface area contributed by atoms with Gasteiger partial charge in [-0.15, -0.1) is 11.3 Å². The van der Waals surface area contributed by atoms with Crippen molar-refractivity contribution in [1.82, 2.24) is 5.16 Å². The molecule has 0 spiro atoms. The number of aromatic nitrogens is 1. The Balaban J connectivity index is 1.72. The summed E-state index contributed by atoms with van der Waals surface area (Å²) in [6.45, 7) is 0.158. The number of rotatable bonds is 5. The summed E-state index contributed by atoms with van der Waals surface area (Å²) in [5.74, 6) is 0.563. The molecule has 2 aromatic heterocycles. The number of hydrogen-bond acceptors (Lipinski definition) is 6. The lowest BCUT2D eigenvalue weighted by atomic mass is 10.1. The van der Waals surface area contributed by atoms with Crippen LogP contribution in [0.4, 0.5) is 0 Å². The summed E-state index contributed by atoms with van der Waals surface area (Å²) in [4.78, 5) is 12.0. The monoisotopic (exact) mass is 383 g/mol. The summed E-state index contributed by atoms with van der Waals surface area (Å²) < 4.78 is 15.6. The molecule has 0 aliphatic heterocycles. The van der Waals surface area contributed by atoms with Gasteiger partial charge >= 0.3 is 5.97 Å². The van der Waals surface area contributed by atoms with Gasteiger partial charge in [0.05, 0.1) is 17.2 Å². The number of nitrogens with zero attached hydrogens (tertiary/aromatic N) is 1. The molecule has 3 rings (SSSR count). The molecule has 8 heteroatoms. The van der Waals surface area contributed by atoms with E-state index in [2.05, 4.69) is 5.16 Å². The number of thiophene rings is 1. The fourth-order valence-corrected chi connectivity index (χ4v) is 3.02. The maximum atomic E-state index is 11.6. The Morgan fingerprint density at radius 1 is 1.25 bits per heavy atom. The van der Waals surface area contributed by atoms with E-state index in [1.807, 2.05) is 0 Å². The maximum absolute atomic E-state index is 11.6. The predicted molar refractivity (Wildman–Crippen MR) is 91.9 cm³/mol. The van der Waals surface area contributed by atoms with Gasteiger partial charge in [-0.1, -0.05) is 28.4 Å². The Morgan fingerprint density at radius 2 is 2.08 bits per heavy atom. The minimum absolute atomic E-state index is 0.158. The maximum Gasteiger partial charge on any atom is 0.351 e. The lowest BCUT2D eigenvalue weighted by Gasteiger charge is -2.03. The number of carbonyl (C=O) groups is 1. The highest BCUT2D eigenvalue weighted by Crippen LogP contribution is 2.30. The fourth-order valence-electron chi connectivity index (χ4n) is 1.97. The van der Waals surface area contributed by atoms with Crippen LogP contribution in [-0.2, 0) is 11.3 Å². The van der Waals surface area contributed by atoms with Gasteiger partial charge in [0.15, 0.2) is 10.6 Å². The smallest absolute Gasteiger partial charge is 0.351 e. The molecule has 0 saturated carbocycles. The zero-order chi connectivity index (χ0) is 17.1. The molecule has 0 atom stereocenters. The molecule has 124 valence electrons. The van der Waals surface area contributed by atoms with Gasteiger partial charge in [0.2, 0.25) is 0 Å². The van der Waals surface area contributed by atoms with Crippen LogP contribution < -0.4 is 4.74 Å². The van der Waals surface area contributed by atoms with Gasteiger partial charge in [-0.3, -0.25) is 0 Å². The zero-order valence-electron chi connectivity index (χ0n) is 12.4. The van der Waals surface area contributed by atoms with Gasteiger partial charge in [0, 0.05) is 11.6 Å². The standard InChI is InChI=1S/C16H11Cl2NO4S/c1-21-16(20)15-13(4-5-24-15)22-8-10-7-14(23-19-10)9-2-3-11(17)12(18)6-9/h2-7H,8H2,1H3. The van der Waals surface area contributed by atoms with Crippen molar-refractivity contribution in [1.29, 1.82) is 0 Å². The lowest BCUT2D eigenvalue weighted by Crippen LogP contribution is -2.02. The summed E-state index contributed by atoms with van der Waals surface area (Å²) in [7, 11) is 1.33. The Morgan fingerprint density at radius 3 is 2.83 bits per heavy atom. The minimum Gasteiger partial charge on any atom is -0.485 e. The van der Waals surface area contributed by atoms with E-state index in [0.29, 0.717) is 32.1 Å². The van der Waals surface area contributed by atoms with Gasteiger partial charge < -0.3 is 14.0 Å². The van der Waals surface area contributed by atoms with E-state index >= 15 is 0 Å². The van der Waals surface area contributed by atoms with Crippen molar-refractivity contribution >= 4 is 40.5 Å². The fraction of sp³-hybridized carbons (Fsp3) is 0.125. The second kappa shape index (κ2) is 7.25. The third-order valence-corrected chi connectivity index (χ3v) is 4.75. The molecule has 3 aromatic rings. The van der Waals surface area contributed by atoms with Crippen molar-refractivity contribution in [2.24, 2.45) is 0 Å². The first-order chi connectivity index (χ1) is 11.6. The quantitative estimate of drug-likeness (QED) is 0.575. The SMILES string of the molecule is COC(=O)c1sccc1OCc1cc(-c2ccc(Cl)c(Cl)c2)on1. The molecule has 2 heterocycles. The van der Waals surface area contributed by atoms with Crippen LogP contribution in [0.2, 0.25) is 10.0 Å². The summed E-state index contributed by atoms with van der Waals surface area (Å²) in [6, 6.07) is 8.61. The number of carbonyl (C=O) groups excluding carboxylic acids is 1. The molecular formula is C16H11Cl2NO4S.